The quantitative estimate of drug-likeness (QED) is 0.679. The van der Waals surface area contributed by atoms with E-state index in [9.17, 15) is 19.2 Å². The Morgan fingerprint density at radius 3 is 2.64 bits per heavy atom. The Morgan fingerprint density at radius 2 is 2.00 bits per heavy atom. The van der Waals surface area contributed by atoms with Crippen LogP contribution in [0.15, 0.2) is 27.9 Å². The molecule has 22 heavy (non-hydrogen) atoms. The minimum atomic E-state index is -1.13. The maximum absolute atomic E-state index is 12.2. The van der Waals surface area contributed by atoms with Gasteiger partial charge >= 0.3 is 11.7 Å². The van der Waals surface area contributed by atoms with E-state index in [0.717, 1.165) is 4.57 Å². The van der Waals surface area contributed by atoms with E-state index < -0.39 is 35.2 Å². The average molecular weight is 308 g/mol. The second-order valence-electron chi connectivity index (χ2n) is 4.96. The fourth-order valence-corrected chi connectivity index (χ4v) is 2.11. The number of esters is 1. The number of hydrogen-bond acceptors (Lipinski definition) is 6. The van der Waals surface area contributed by atoms with Gasteiger partial charge in [-0.1, -0.05) is 0 Å². The molecule has 0 amide bonds. The van der Waals surface area contributed by atoms with Crippen LogP contribution in [-0.2, 0) is 33.2 Å². The molecule has 0 radical (unpaired) electrons. The molecule has 1 aromatic rings. The number of aromatic nitrogens is 2. The highest BCUT2D eigenvalue weighted by Crippen LogP contribution is 2.22. The molecule has 118 valence electrons. The normalized spacial score (nSPS) is 21.0. The zero-order valence-electron chi connectivity index (χ0n) is 12.4. The van der Waals surface area contributed by atoms with Crippen molar-refractivity contribution >= 4 is 11.8 Å². The van der Waals surface area contributed by atoms with Crippen molar-refractivity contribution in [1.82, 2.24) is 9.13 Å². The number of carbonyl (C=O) groups excluding carboxylic acids is 2. The maximum atomic E-state index is 12.2. The first-order chi connectivity index (χ1) is 10.3. The van der Waals surface area contributed by atoms with Crippen molar-refractivity contribution in [3.63, 3.8) is 0 Å². The van der Waals surface area contributed by atoms with Crippen molar-refractivity contribution < 1.29 is 19.1 Å². The second-order valence-corrected chi connectivity index (χ2v) is 4.96. The van der Waals surface area contributed by atoms with Crippen LogP contribution in [0.1, 0.15) is 18.6 Å². The van der Waals surface area contributed by atoms with Crippen LogP contribution in [0.25, 0.3) is 0 Å². The van der Waals surface area contributed by atoms with Gasteiger partial charge in [-0.25, -0.2) is 4.79 Å². The predicted molar refractivity (Wildman–Crippen MR) is 75.3 cm³/mol. The first-order valence-corrected chi connectivity index (χ1v) is 6.58. The molecule has 0 aromatic carbocycles. The van der Waals surface area contributed by atoms with Crippen molar-refractivity contribution in [1.29, 1.82) is 0 Å². The monoisotopic (exact) mass is 308 g/mol. The van der Waals surface area contributed by atoms with Gasteiger partial charge in [0, 0.05) is 27.2 Å². The smallest absolute Gasteiger partial charge is 0.330 e. The second kappa shape index (κ2) is 6.10. The average Bonchev–Trinajstić information content (AvgIpc) is 2.48. The molecule has 0 N–H and O–H groups in total. The standard InChI is InChI=1S/C14H16N2O6/c1-8(17)21-7-9-4-5-11(18)12(22-9)10-6-15(2)14(20)16(3)13(10)19/h4-6,9,12H,7H2,1-3H3/t9-,12+/m0/s1. The van der Waals surface area contributed by atoms with Gasteiger partial charge in [-0.15, -0.1) is 0 Å². The Labute approximate surface area is 125 Å². The highest BCUT2D eigenvalue weighted by molar-refractivity contribution is 5.95. The summed E-state index contributed by atoms with van der Waals surface area (Å²) in [5.41, 5.74) is -1.03. The van der Waals surface area contributed by atoms with Gasteiger partial charge < -0.3 is 14.0 Å². The summed E-state index contributed by atoms with van der Waals surface area (Å²) in [6, 6.07) is 0. The minimum absolute atomic E-state index is 0.0539. The fourth-order valence-electron chi connectivity index (χ4n) is 2.11. The fraction of sp³-hybridized carbons (Fsp3) is 0.429. The number of rotatable bonds is 3. The summed E-state index contributed by atoms with van der Waals surface area (Å²) >= 11 is 0. The van der Waals surface area contributed by atoms with Gasteiger partial charge in [0.25, 0.3) is 5.56 Å². The molecule has 1 aliphatic rings. The van der Waals surface area contributed by atoms with Crippen LogP contribution in [0.4, 0.5) is 0 Å². The molecule has 8 nitrogen and oxygen atoms in total. The van der Waals surface area contributed by atoms with E-state index in [4.69, 9.17) is 9.47 Å². The molecule has 0 spiro atoms. The Hall–Kier alpha value is -2.48. The molecular formula is C14H16N2O6. The van der Waals surface area contributed by atoms with Gasteiger partial charge in [0.15, 0.2) is 11.9 Å². The van der Waals surface area contributed by atoms with Gasteiger partial charge in [-0.3, -0.25) is 19.0 Å². The number of nitrogens with zero attached hydrogens (tertiary/aromatic N) is 2. The number of carbonyl (C=O) groups is 2. The highest BCUT2D eigenvalue weighted by atomic mass is 16.6. The van der Waals surface area contributed by atoms with E-state index in [-0.39, 0.29) is 12.2 Å². The van der Waals surface area contributed by atoms with Crippen LogP contribution in [-0.4, -0.2) is 33.6 Å². The first-order valence-electron chi connectivity index (χ1n) is 6.58. The van der Waals surface area contributed by atoms with Gasteiger partial charge in [0.1, 0.15) is 12.7 Å². The SMILES string of the molecule is CC(=O)OC[C@@H]1C=CC(=O)[C@@H](c2cn(C)c(=O)n(C)c2=O)O1. The van der Waals surface area contributed by atoms with Crippen molar-refractivity contribution in [2.24, 2.45) is 14.1 Å². The molecule has 0 saturated carbocycles. The van der Waals surface area contributed by atoms with Gasteiger partial charge in [-0.05, 0) is 12.2 Å². The van der Waals surface area contributed by atoms with Crippen LogP contribution in [0.2, 0.25) is 0 Å². The van der Waals surface area contributed by atoms with Crippen LogP contribution in [0, 0.1) is 0 Å². The molecule has 2 rings (SSSR count). The lowest BCUT2D eigenvalue weighted by atomic mass is 10.0. The summed E-state index contributed by atoms with van der Waals surface area (Å²) in [5.74, 6) is -0.877. The number of ketones is 1. The zero-order valence-corrected chi connectivity index (χ0v) is 12.4. The molecule has 2 atom stereocenters. The summed E-state index contributed by atoms with van der Waals surface area (Å²) in [7, 11) is 2.80. The Kier molecular flexibility index (Phi) is 4.41. The highest BCUT2D eigenvalue weighted by Gasteiger charge is 2.30. The van der Waals surface area contributed by atoms with Crippen LogP contribution in [0.5, 0.6) is 0 Å². The zero-order chi connectivity index (χ0) is 16.4. The van der Waals surface area contributed by atoms with E-state index in [1.165, 1.54) is 43.9 Å². The molecule has 0 saturated heterocycles. The first kappa shape index (κ1) is 15.9. The van der Waals surface area contributed by atoms with E-state index in [0.29, 0.717) is 0 Å². The third kappa shape index (κ3) is 3.06. The molecular weight excluding hydrogens is 292 g/mol. The van der Waals surface area contributed by atoms with Gasteiger partial charge in [0.2, 0.25) is 0 Å². The van der Waals surface area contributed by atoms with Crippen molar-refractivity contribution in [3.05, 3.63) is 44.8 Å². The lowest BCUT2D eigenvalue weighted by molar-refractivity contribution is -0.147. The summed E-state index contributed by atoms with van der Waals surface area (Å²) in [6.07, 6.45) is 2.28. The molecule has 0 fully saturated rings. The predicted octanol–water partition coefficient (Wildman–Crippen LogP) is -0.788. The van der Waals surface area contributed by atoms with Crippen molar-refractivity contribution in [2.45, 2.75) is 19.1 Å². The maximum Gasteiger partial charge on any atom is 0.330 e. The Morgan fingerprint density at radius 1 is 1.32 bits per heavy atom. The number of aryl methyl sites for hydroxylation is 1. The molecule has 1 aromatic heterocycles. The molecule has 0 bridgehead atoms. The minimum Gasteiger partial charge on any atom is -0.463 e. The molecule has 0 unspecified atom stereocenters. The van der Waals surface area contributed by atoms with Crippen molar-refractivity contribution in [2.75, 3.05) is 6.61 Å². The lowest BCUT2D eigenvalue weighted by Gasteiger charge is -2.24. The van der Waals surface area contributed by atoms with Crippen LogP contribution in [0.3, 0.4) is 0 Å². The largest absolute Gasteiger partial charge is 0.463 e. The van der Waals surface area contributed by atoms with E-state index >= 15 is 0 Å². The summed E-state index contributed by atoms with van der Waals surface area (Å²) in [4.78, 5) is 46.6. The van der Waals surface area contributed by atoms with E-state index in [2.05, 4.69) is 0 Å². The topological polar surface area (TPSA) is 96.6 Å². The molecule has 1 aliphatic heterocycles. The Bertz CT molecular complexity index is 758. The molecule has 0 aliphatic carbocycles. The van der Waals surface area contributed by atoms with E-state index in [1.54, 1.807) is 0 Å². The van der Waals surface area contributed by atoms with Gasteiger partial charge in [-0.2, -0.15) is 0 Å². The Balaban J connectivity index is 2.34. The molecule has 8 heteroatoms. The van der Waals surface area contributed by atoms with Crippen LogP contribution >= 0.6 is 0 Å². The summed E-state index contributed by atoms with van der Waals surface area (Å²) < 4.78 is 12.5. The molecule has 2 heterocycles. The summed E-state index contributed by atoms with van der Waals surface area (Å²) in [6.45, 7) is 1.21. The summed E-state index contributed by atoms with van der Waals surface area (Å²) in [5, 5.41) is 0. The van der Waals surface area contributed by atoms with E-state index in [1.807, 2.05) is 0 Å². The van der Waals surface area contributed by atoms with Gasteiger partial charge in [0.05, 0.1) is 5.56 Å². The third-order valence-corrected chi connectivity index (χ3v) is 3.25. The number of hydrogen-bond donors (Lipinski definition) is 0. The lowest BCUT2D eigenvalue weighted by Crippen LogP contribution is -2.41. The van der Waals surface area contributed by atoms with Crippen molar-refractivity contribution in [3.8, 4) is 0 Å². The number of ether oxygens (including phenoxy) is 2. The third-order valence-electron chi connectivity index (χ3n) is 3.25. The van der Waals surface area contributed by atoms with Crippen LogP contribution < -0.4 is 11.2 Å².